The van der Waals surface area contributed by atoms with Crippen LogP contribution >= 0.6 is 0 Å². The molecule has 4 heteroatoms. The maximum atomic E-state index is 5.61. The van der Waals surface area contributed by atoms with Crippen molar-refractivity contribution in [2.75, 3.05) is 0 Å². The monoisotopic (exact) mass is 267 g/mol. The molecule has 1 aromatic carbocycles. The highest BCUT2D eigenvalue weighted by Crippen LogP contribution is 2.21. The number of aromatic nitrogens is 2. The molecule has 1 fully saturated rings. The fourth-order valence-corrected chi connectivity index (χ4v) is 2.51. The van der Waals surface area contributed by atoms with Crippen molar-refractivity contribution >= 4 is 11.0 Å². The van der Waals surface area contributed by atoms with Gasteiger partial charge in [0.05, 0.1) is 36.7 Å². The van der Waals surface area contributed by atoms with Crippen LogP contribution in [0.4, 0.5) is 0 Å². The van der Waals surface area contributed by atoms with E-state index in [1.54, 1.807) is 6.26 Å². The van der Waals surface area contributed by atoms with E-state index < -0.39 is 0 Å². The van der Waals surface area contributed by atoms with Crippen LogP contribution in [0.25, 0.3) is 11.0 Å². The van der Waals surface area contributed by atoms with Gasteiger partial charge in [-0.3, -0.25) is 0 Å². The highest BCUT2D eigenvalue weighted by Gasteiger charge is 2.21. The molecular formula is C16H17N3O. The lowest BCUT2D eigenvalue weighted by Crippen LogP contribution is -2.16. The number of hydrogen-bond donors (Lipinski definition) is 1. The van der Waals surface area contributed by atoms with Crippen molar-refractivity contribution in [3.63, 3.8) is 0 Å². The first-order valence-corrected chi connectivity index (χ1v) is 7.08. The first-order valence-electron chi connectivity index (χ1n) is 7.08. The number of fused-ring (bicyclic) bond motifs is 1. The zero-order valence-corrected chi connectivity index (χ0v) is 11.2. The molecule has 4 rings (SSSR count). The van der Waals surface area contributed by atoms with Crippen LogP contribution in [-0.2, 0) is 13.1 Å². The van der Waals surface area contributed by atoms with E-state index in [-0.39, 0.29) is 0 Å². The standard InChI is InChI=1S/C16H17N3O/c1-2-4-15-14(3-1)18-11-19(15)10-12-7-8-20-16(12)9-17-13-5-6-13/h1-4,7-8,11,13,17H,5-6,9-10H2. The molecule has 0 spiro atoms. The Morgan fingerprint density at radius 3 is 3.05 bits per heavy atom. The SMILES string of the molecule is c1ccc2c(c1)ncn2Cc1ccoc1CNC1CC1. The van der Waals surface area contributed by atoms with Crippen LogP contribution in [0, 0.1) is 0 Å². The molecule has 2 heterocycles. The fourth-order valence-electron chi connectivity index (χ4n) is 2.51. The first-order chi connectivity index (χ1) is 9.90. The van der Waals surface area contributed by atoms with Gasteiger partial charge in [0.1, 0.15) is 5.76 Å². The van der Waals surface area contributed by atoms with E-state index >= 15 is 0 Å². The molecule has 4 nitrogen and oxygen atoms in total. The zero-order valence-electron chi connectivity index (χ0n) is 11.2. The summed E-state index contributed by atoms with van der Waals surface area (Å²) in [6, 6.07) is 11.0. The molecule has 0 aliphatic heterocycles. The van der Waals surface area contributed by atoms with Crippen molar-refractivity contribution in [2.24, 2.45) is 0 Å². The minimum atomic E-state index is 0.696. The molecule has 1 saturated carbocycles. The maximum absolute atomic E-state index is 5.61. The van der Waals surface area contributed by atoms with Crippen molar-refractivity contribution in [3.8, 4) is 0 Å². The second-order valence-electron chi connectivity index (χ2n) is 5.39. The fraction of sp³-hybridized carbons (Fsp3) is 0.312. The summed E-state index contributed by atoms with van der Waals surface area (Å²) >= 11 is 0. The molecule has 0 saturated heterocycles. The number of benzene rings is 1. The number of nitrogens with zero attached hydrogens (tertiary/aromatic N) is 2. The van der Waals surface area contributed by atoms with Crippen molar-refractivity contribution in [3.05, 3.63) is 54.2 Å². The summed E-state index contributed by atoms with van der Waals surface area (Å²) in [5, 5.41) is 3.50. The Bertz CT molecular complexity index is 724. The summed E-state index contributed by atoms with van der Waals surface area (Å²) in [5.74, 6) is 1.04. The smallest absolute Gasteiger partial charge is 0.122 e. The molecule has 20 heavy (non-hydrogen) atoms. The number of hydrogen-bond acceptors (Lipinski definition) is 3. The molecule has 3 aromatic rings. The Kier molecular flexibility index (Phi) is 2.81. The summed E-state index contributed by atoms with van der Waals surface area (Å²) in [4.78, 5) is 4.43. The largest absolute Gasteiger partial charge is 0.468 e. The number of rotatable bonds is 5. The van der Waals surface area contributed by atoms with Gasteiger partial charge < -0.3 is 14.3 Å². The third kappa shape index (κ3) is 2.23. The van der Waals surface area contributed by atoms with Crippen LogP contribution in [-0.4, -0.2) is 15.6 Å². The van der Waals surface area contributed by atoms with Gasteiger partial charge in [0.2, 0.25) is 0 Å². The average molecular weight is 267 g/mol. The summed E-state index contributed by atoms with van der Waals surface area (Å²) < 4.78 is 7.77. The van der Waals surface area contributed by atoms with Crippen molar-refractivity contribution in [1.29, 1.82) is 0 Å². The molecule has 1 N–H and O–H groups in total. The molecule has 0 radical (unpaired) electrons. The Balaban J connectivity index is 1.57. The summed E-state index contributed by atoms with van der Waals surface area (Å²) in [6.07, 6.45) is 6.26. The molecule has 1 aliphatic carbocycles. The van der Waals surface area contributed by atoms with Crippen LogP contribution in [0.2, 0.25) is 0 Å². The van der Waals surface area contributed by atoms with Gasteiger partial charge in [-0.2, -0.15) is 0 Å². The summed E-state index contributed by atoms with van der Waals surface area (Å²) in [7, 11) is 0. The van der Waals surface area contributed by atoms with E-state index in [1.807, 2.05) is 24.5 Å². The van der Waals surface area contributed by atoms with Gasteiger partial charge in [-0.1, -0.05) is 12.1 Å². The van der Waals surface area contributed by atoms with Gasteiger partial charge in [0.15, 0.2) is 0 Å². The predicted molar refractivity (Wildman–Crippen MR) is 77.4 cm³/mol. The molecule has 0 amide bonds. The number of imidazole rings is 1. The van der Waals surface area contributed by atoms with E-state index in [0.29, 0.717) is 6.04 Å². The molecule has 102 valence electrons. The Hall–Kier alpha value is -2.07. The topological polar surface area (TPSA) is 43.0 Å². The van der Waals surface area contributed by atoms with E-state index in [2.05, 4.69) is 27.0 Å². The normalized spacial score (nSPS) is 15.0. The van der Waals surface area contributed by atoms with Gasteiger partial charge in [-0.15, -0.1) is 0 Å². The van der Waals surface area contributed by atoms with Gasteiger partial charge >= 0.3 is 0 Å². The van der Waals surface area contributed by atoms with E-state index in [0.717, 1.165) is 29.9 Å². The quantitative estimate of drug-likeness (QED) is 0.773. The van der Waals surface area contributed by atoms with Crippen molar-refractivity contribution in [2.45, 2.75) is 32.0 Å². The predicted octanol–water partition coefficient (Wildman–Crippen LogP) is 2.93. The van der Waals surface area contributed by atoms with Gasteiger partial charge in [-0.25, -0.2) is 4.98 Å². The Labute approximate surface area is 117 Å². The zero-order chi connectivity index (χ0) is 13.4. The van der Waals surface area contributed by atoms with Gasteiger partial charge in [-0.05, 0) is 31.0 Å². The van der Waals surface area contributed by atoms with Crippen LogP contribution < -0.4 is 5.32 Å². The third-order valence-corrected chi connectivity index (χ3v) is 3.83. The molecule has 2 aromatic heterocycles. The average Bonchev–Trinajstić information content (AvgIpc) is 3.07. The van der Waals surface area contributed by atoms with Crippen LogP contribution in [0.5, 0.6) is 0 Å². The van der Waals surface area contributed by atoms with Gasteiger partial charge in [0.25, 0.3) is 0 Å². The number of para-hydroxylation sites is 2. The molecule has 0 unspecified atom stereocenters. The molecule has 0 bridgehead atoms. The van der Waals surface area contributed by atoms with E-state index in [1.165, 1.54) is 18.4 Å². The minimum absolute atomic E-state index is 0.696. The van der Waals surface area contributed by atoms with Gasteiger partial charge in [0, 0.05) is 11.6 Å². The minimum Gasteiger partial charge on any atom is -0.468 e. The Morgan fingerprint density at radius 2 is 2.15 bits per heavy atom. The molecule has 0 atom stereocenters. The first kappa shape index (κ1) is 11.7. The molecular weight excluding hydrogens is 250 g/mol. The summed E-state index contributed by atoms with van der Waals surface area (Å²) in [5.41, 5.74) is 3.42. The lowest BCUT2D eigenvalue weighted by molar-refractivity contribution is 0.476. The van der Waals surface area contributed by atoms with E-state index in [4.69, 9.17) is 4.42 Å². The second kappa shape index (κ2) is 4.80. The second-order valence-corrected chi connectivity index (χ2v) is 5.39. The third-order valence-electron chi connectivity index (χ3n) is 3.83. The Morgan fingerprint density at radius 1 is 1.25 bits per heavy atom. The van der Waals surface area contributed by atoms with E-state index in [9.17, 15) is 0 Å². The number of nitrogens with one attached hydrogen (secondary N) is 1. The highest BCUT2D eigenvalue weighted by molar-refractivity contribution is 5.75. The maximum Gasteiger partial charge on any atom is 0.122 e. The van der Waals surface area contributed by atoms with Crippen molar-refractivity contribution < 1.29 is 4.42 Å². The van der Waals surface area contributed by atoms with Crippen molar-refractivity contribution in [1.82, 2.24) is 14.9 Å². The highest BCUT2D eigenvalue weighted by atomic mass is 16.3. The number of furan rings is 1. The molecule has 1 aliphatic rings. The lowest BCUT2D eigenvalue weighted by Gasteiger charge is -2.06. The summed E-state index contributed by atoms with van der Waals surface area (Å²) in [6.45, 7) is 1.62. The van der Waals surface area contributed by atoms with Crippen LogP contribution in [0.3, 0.4) is 0 Å². The lowest BCUT2D eigenvalue weighted by atomic mass is 10.2. The van der Waals surface area contributed by atoms with Crippen LogP contribution in [0.1, 0.15) is 24.2 Å². The van der Waals surface area contributed by atoms with Crippen LogP contribution in [0.15, 0.2) is 47.3 Å².